The van der Waals surface area contributed by atoms with Crippen LogP contribution in [0.4, 0.5) is 0 Å². The average Bonchev–Trinajstić information content (AvgIpc) is 2.40. The third-order valence-corrected chi connectivity index (χ3v) is 3.16. The van der Waals surface area contributed by atoms with Gasteiger partial charge in [0, 0.05) is 4.86 Å². The minimum atomic E-state index is 0.894. The van der Waals surface area contributed by atoms with Gasteiger partial charge in [0.15, 0.2) is 0 Å². The first kappa shape index (κ1) is 12.8. The Morgan fingerprint density at radius 3 is 1.89 bits per heavy atom. The summed E-state index contributed by atoms with van der Waals surface area (Å²) in [5, 5.41) is 0. The van der Waals surface area contributed by atoms with Crippen LogP contribution in [-0.2, 0) is 6.42 Å². The topological polar surface area (TPSA) is 9.23 Å². The number of ether oxygens (including phenoxy) is 1. The van der Waals surface area contributed by atoms with Crippen LogP contribution in [0.5, 0.6) is 5.75 Å². The van der Waals surface area contributed by atoms with Crippen molar-refractivity contribution in [3.05, 3.63) is 65.2 Å². The highest BCUT2D eigenvalue weighted by molar-refractivity contribution is 7.80. The van der Waals surface area contributed by atoms with Crippen LogP contribution in [0, 0.1) is 0 Å². The summed E-state index contributed by atoms with van der Waals surface area (Å²) in [4.78, 5) is 0.936. The van der Waals surface area contributed by atoms with Crippen molar-refractivity contribution >= 4 is 17.1 Å². The zero-order valence-corrected chi connectivity index (χ0v) is 11.5. The highest BCUT2D eigenvalue weighted by atomic mass is 32.1. The Morgan fingerprint density at radius 2 is 1.44 bits per heavy atom. The van der Waals surface area contributed by atoms with E-state index in [2.05, 4.69) is 36.4 Å². The van der Waals surface area contributed by atoms with Gasteiger partial charge in [0.1, 0.15) is 5.75 Å². The van der Waals surface area contributed by atoms with E-state index in [0.717, 1.165) is 22.6 Å². The fourth-order valence-electron chi connectivity index (χ4n) is 1.84. The summed E-state index contributed by atoms with van der Waals surface area (Å²) in [6.45, 7) is 1.95. The van der Waals surface area contributed by atoms with Gasteiger partial charge in [-0.05, 0) is 42.2 Å². The van der Waals surface area contributed by atoms with Gasteiger partial charge in [-0.2, -0.15) is 0 Å². The molecule has 0 atom stereocenters. The van der Waals surface area contributed by atoms with Crippen molar-refractivity contribution in [3.8, 4) is 5.75 Å². The molecule has 2 rings (SSSR count). The molecule has 0 amide bonds. The predicted molar refractivity (Wildman–Crippen MR) is 79.6 cm³/mol. The Labute approximate surface area is 113 Å². The molecule has 0 bridgehead atoms. The summed E-state index contributed by atoms with van der Waals surface area (Å²) in [7, 11) is 1.68. The van der Waals surface area contributed by atoms with Crippen LogP contribution in [0.2, 0.25) is 0 Å². The molecule has 2 heteroatoms. The quantitative estimate of drug-likeness (QED) is 0.603. The number of benzene rings is 2. The molecule has 92 valence electrons. The lowest BCUT2D eigenvalue weighted by Crippen LogP contribution is -1.92. The Hall–Kier alpha value is -1.67. The monoisotopic (exact) mass is 256 g/mol. The summed E-state index contributed by atoms with van der Waals surface area (Å²) >= 11 is 5.15. The second-order valence-corrected chi connectivity index (χ2v) is 4.89. The summed E-state index contributed by atoms with van der Waals surface area (Å²) in [5.74, 6) is 0.894. The second kappa shape index (κ2) is 5.78. The SMILES string of the molecule is COc1ccc(Cc2ccc(C(C)=S)cc2)cc1. The number of hydrogen-bond donors (Lipinski definition) is 0. The minimum absolute atomic E-state index is 0.894. The van der Waals surface area contributed by atoms with Crippen molar-refractivity contribution in [2.24, 2.45) is 0 Å². The maximum atomic E-state index is 5.15. The summed E-state index contributed by atoms with van der Waals surface area (Å²) in [6.07, 6.45) is 0.931. The molecule has 0 spiro atoms. The van der Waals surface area contributed by atoms with Gasteiger partial charge in [0.25, 0.3) is 0 Å². The van der Waals surface area contributed by atoms with E-state index in [1.54, 1.807) is 7.11 Å². The minimum Gasteiger partial charge on any atom is -0.497 e. The predicted octanol–water partition coefficient (Wildman–Crippen LogP) is 4.02. The zero-order valence-electron chi connectivity index (χ0n) is 10.6. The van der Waals surface area contributed by atoms with Gasteiger partial charge >= 0.3 is 0 Å². The van der Waals surface area contributed by atoms with Crippen LogP contribution in [-0.4, -0.2) is 12.0 Å². The normalized spacial score (nSPS) is 10.1. The molecule has 2 aromatic rings. The van der Waals surface area contributed by atoms with E-state index in [9.17, 15) is 0 Å². The number of rotatable bonds is 4. The summed E-state index contributed by atoms with van der Waals surface area (Å²) in [6, 6.07) is 16.6. The van der Waals surface area contributed by atoms with Gasteiger partial charge < -0.3 is 4.74 Å². The van der Waals surface area contributed by atoms with Crippen molar-refractivity contribution in [2.45, 2.75) is 13.3 Å². The molecule has 0 unspecified atom stereocenters. The number of methoxy groups -OCH3 is 1. The smallest absolute Gasteiger partial charge is 0.118 e. The molecule has 0 N–H and O–H groups in total. The Balaban J connectivity index is 2.10. The molecule has 0 radical (unpaired) electrons. The van der Waals surface area contributed by atoms with Crippen molar-refractivity contribution < 1.29 is 4.74 Å². The summed E-state index contributed by atoms with van der Waals surface area (Å²) in [5.41, 5.74) is 3.70. The zero-order chi connectivity index (χ0) is 13.0. The van der Waals surface area contributed by atoms with Crippen LogP contribution >= 0.6 is 12.2 Å². The Bertz CT molecular complexity index is 526. The molecule has 0 aromatic heterocycles. The molecular formula is C16H16OS. The Morgan fingerprint density at radius 1 is 0.944 bits per heavy atom. The lowest BCUT2D eigenvalue weighted by molar-refractivity contribution is 0.414. The van der Waals surface area contributed by atoms with E-state index in [1.165, 1.54) is 11.1 Å². The van der Waals surface area contributed by atoms with Crippen LogP contribution in [0.25, 0.3) is 0 Å². The third kappa shape index (κ3) is 3.17. The molecule has 0 aliphatic rings. The van der Waals surface area contributed by atoms with Gasteiger partial charge in [-0.3, -0.25) is 0 Å². The lowest BCUT2D eigenvalue weighted by Gasteiger charge is -2.05. The van der Waals surface area contributed by atoms with Gasteiger partial charge in [-0.1, -0.05) is 48.6 Å². The lowest BCUT2D eigenvalue weighted by atomic mass is 10.0. The molecule has 0 saturated carbocycles. The van der Waals surface area contributed by atoms with Crippen molar-refractivity contribution in [2.75, 3.05) is 7.11 Å². The van der Waals surface area contributed by atoms with Gasteiger partial charge in [0.05, 0.1) is 7.11 Å². The molecule has 0 fully saturated rings. The molecule has 1 nitrogen and oxygen atoms in total. The first-order valence-electron chi connectivity index (χ1n) is 5.92. The fraction of sp³-hybridized carbons (Fsp3) is 0.188. The van der Waals surface area contributed by atoms with E-state index in [0.29, 0.717) is 0 Å². The first-order chi connectivity index (χ1) is 8.69. The van der Waals surface area contributed by atoms with Crippen LogP contribution in [0.15, 0.2) is 48.5 Å². The van der Waals surface area contributed by atoms with Gasteiger partial charge in [-0.25, -0.2) is 0 Å². The summed E-state index contributed by atoms with van der Waals surface area (Å²) < 4.78 is 5.15. The van der Waals surface area contributed by atoms with Crippen LogP contribution in [0.1, 0.15) is 23.6 Å². The van der Waals surface area contributed by atoms with E-state index < -0.39 is 0 Å². The average molecular weight is 256 g/mol. The molecular weight excluding hydrogens is 240 g/mol. The van der Waals surface area contributed by atoms with Gasteiger partial charge in [-0.15, -0.1) is 0 Å². The number of hydrogen-bond acceptors (Lipinski definition) is 2. The standard InChI is InChI=1S/C16H16OS/c1-12(18)15-7-3-13(4-8-15)11-14-5-9-16(17-2)10-6-14/h3-10H,11H2,1-2H3. The fourth-order valence-corrected chi connectivity index (χ4v) is 1.97. The molecule has 2 aromatic carbocycles. The van der Waals surface area contributed by atoms with Crippen molar-refractivity contribution in [1.29, 1.82) is 0 Å². The van der Waals surface area contributed by atoms with E-state index in [1.807, 2.05) is 19.1 Å². The van der Waals surface area contributed by atoms with E-state index in [-0.39, 0.29) is 0 Å². The third-order valence-electron chi connectivity index (χ3n) is 2.93. The van der Waals surface area contributed by atoms with E-state index >= 15 is 0 Å². The largest absolute Gasteiger partial charge is 0.497 e. The maximum Gasteiger partial charge on any atom is 0.118 e. The highest BCUT2D eigenvalue weighted by Gasteiger charge is 1.99. The van der Waals surface area contributed by atoms with E-state index in [4.69, 9.17) is 17.0 Å². The maximum absolute atomic E-state index is 5.15. The highest BCUT2D eigenvalue weighted by Crippen LogP contribution is 2.15. The van der Waals surface area contributed by atoms with Crippen molar-refractivity contribution in [3.63, 3.8) is 0 Å². The molecule has 0 saturated heterocycles. The van der Waals surface area contributed by atoms with Crippen LogP contribution in [0.3, 0.4) is 0 Å². The Kier molecular flexibility index (Phi) is 4.11. The molecule has 0 aliphatic carbocycles. The second-order valence-electron chi connectivity index (χ2n) is 4.28. The van der Waals surface area contributed by atoms with Crippen molar-refractivity contribution in [1.82, 2.24) is 0 Å². The van der Waals surface area contributed by atoms with Gasteiger partial charge in [0.2, 0.25) is 0 Å². The molecule has 18 heavy (non-hydrogen) atoms. The number of thiocarbonyl (C=S) groups is 1. The molecule has 0 heterocycles. The first-order valence-corrected chi connectivity index (χ1v) is 6.32. The molecule has 0 aliphatic heterocycles. The van der Waals surface area contributed by atoms with Crippen LogP contribution < -0.4 is 4.74 Å².